The summed E-state index contributed by atoms with van der Waals surface area (Å²) in [6.45, 7) is 7.39. The number of fused-ring (bicyclic) bond motifs is 5. The second-order valence-electron chi connectivity index (χ2n) is 9.45. The highest BCUT2D eigenvalue weighted by atomic mass is 16.1. The normalized spacial score (nSPS) is 56.5. The topological polar surface area (TPSA) is 17.1 Å². The lowest BCUT2D eigenvalue weighted by Gasteiger charge is -2.60. The number of carbonyl (C=O) groups is 1. The fourth-order valence-corrected chi connectivity index (χ4v) is 7.24. The van der Waals surface area contributed by atoms with Gasteiger partial charge >= 0.3 is 0 Å². The molecule has 118 valence electrons. The van der Waals surface area contributed by atoms with Crippen LogP contribution in [0.25, 0.3) is 0 Å². The first-order chi connectivity index (χ1) is 9.95. The van der Waals surface area contributed by atoms with Crippen molar-refractivity contribution in [2.24, 2.45) is 40.4 Å². The Kier molecular flexibility index (Phi) is 3.12. The smallest absolute Gasteiger partial charge is 0.139 e. The Labute approximate surface area is 130 Å². The van der Waals surface area contributed by atoms with Crippen LogP contribution in [0.4, 0.5) is 0 Å². The lowest BCUT2D eigenvalue weighted by atomic mass is 9.45. The van der Waals surface area contributed by atoms with E-state index < -0.39 is 0 Å². The van der Waals surface area contributed by atoms with E-state index in [1.54, 1.807) is 0 Å². The van der Waals surface area contributed by atoms with E-state index in [-0.39, 0.29) is 5.41 Å². The molecule has 0 saturated heterocycles. The third-order valence-corrected chi connectivity index (χ3v) is 8.64. The Morgan fingerprint density at radius 1 is 0.952 bits per heavy atom. The Bertz CT molecular complexity index is 455. The standard InChI is InChI=1S/C20H32O/c1-13-8-10-19(2)14(12-13)4-5-15-16-6-7-18(21)20(16,3)11-9-17(15)19/h13-17H,4-12H2,1-3H3/t13-,14?,15?,16?,17?,19-,20-/m0/s1. The van der Waals surface area contributed by atoms with Crippen molar-refractivity contribution in [2.45, 2.75) is 78.6 Å². The van der Waals surface area contributed by atoms with Gasteiger partial charge in [0.2, 0.25) is 0 Å². The molecular weight excluding hydrogens is 256 g/mol. The zero-order valence-electron chi connectivity index (χ0n) is 14.2. The SMILES string of the molecule is C[C@H]1CC[C@@]2(C)C(CCC3C2CC[C@]2(C)C(=O)CCC32)C1. The van der Waals surface area contributed by atoms with E-state index in [9.17, 15) is 4.79 Å². The van der Waals surface area contributed by atoms with E-state index in [0.29, 0.717) is 11.2 Å². The molecule has 1 nitrogen and oxygen atoms in total. The number of hydrogen-bond acceptors (Lipinski definition) is 1. The molecule has 4 aliphatic rings. The lowest BCUT2D eigenvalue weighted by molar-refractivity contribution is -0.139. The van der Waals surface area contributed by atoms with Crippen LogP contribution in [-0.4, -0.2) is 5.78 Å². The van der Waals surface area contributed by atoms with Crippen LogP contribution in [0.2, 0.25) is 0 Å². The van der Waals surface area contributed by atoms with Crippen LogP contribution in [-0.2, 0) is 4.79 Å². The molecule has 0 N–H and O–H groups in total. The van der Waals surface area contributed by atoms with E-state index in [0.717, 1.165) is 36.0 Å². The maximum atomic E-state index is 12.4. The molecule has 4 fully saturated rings. The van der Waals surface area contributed by atoms with Gasteiger partial charge in [-0.25, -0.2) is 0 Å². The molecule has 0 aromatic rings. The van der Waals surface area contributed by atoms with Crippen molar-refractivity contribution < 1.29 is 4.79 Å². The van der Waals surface area contributed by atoms with E-state index in [1.807, 2.05) is 0 Å². The predicted octanol–water partition coefficient (Wildman–Crippen LogP) is 5.23. The first kappa shape index (κ1) is 14.3. The molecule has 0 amide bonds. The van der Waals surface area contributed by atoms with Crippen molar-refractivity contribution in [3.63, 3.8) is 0 Å². The van der Waals surface area contributed by atoms with Crippen LogP contribution >= 0.6 is 0 Å². The monoisotopic (exact) mass is 288 g/mol. The van der Waals surface area contributed by atoms with Crippen molar-refractivity contribution in [3.05, 3.63) is 0 Å². The Hall–Kier alpha value is -0.330. The second kappa shape index (κ2) is 4.59. The quantitative estimate of drug-likeness (QED) is 0.596. The average molecular weight is 288 g/mol. The number of ketones is 1. The Morgan fingerprint density at radius 3 is 2.57 bits per heavy atom. The summed E-state index contributed by atoms with van der Waals surface area (Å²) in [6, 6.07) is 0. The maximum Gasteiger partial charge on any atom is 0.139 e. The summed E-state index contributed by atoms with van der Waals surface area (Å²) < 4.78 is 0. The van der Waals surface area contributed by atoms with Gasteiger partial charge in [-0.05, 0) is 80.0 Å². The van der Waals surface area contributed by atoms with Gasteiger partial charge in [-0.3, -0.25) is 4.79 Å². The summed E-state index contributed by atoms with van der Waals surface area (Å²) in [4.78, 5) is 12.4. The Morgan fingerprint density at radius 2 is 1.76 bits per heavy atom. The first-order valence-corrected chi connectivity index (χ1v) is 9.48. The average Bonchev–Trinajstić information content (AvgIpc) is 2.76. The maximum absolute atomic E-state index is 12.4. The van der Waals surface area contributed by atoms with E-state index in [4.69, 9.17) is 0 Å². The highest BCUT2D eigenvalue weighted by molar-refractivity contribution is 5.87. The van der Waals surface area contributed by atoms with Crippen LogP contribution in [0.1, 0.15) is 78.6 Å². The molecule has 7 atom stereocenters. The van der Waals surface area contributed by atoms with E-state index in [1.165, 1.54) is 51.4 Å². The van der Waals surface area contributed by atoms with Crippen LogP contribution < -0.4 is 0 Å². The minimum Gasteiger partial charge on any atom is -0.299 e. The first-order valence-electron chi connectivity index (χ1n) is 9.48. The van der Waals surface area contributed by atoms with Crippen molar-refractivity contribution in [1.82, 2.24) is 0 Å². The molecule has 0 bridgehead atoms. The molecular formula is C20H32O. The molecule has 0 heterocycles. The van der Waals surface area contributed by atoms with Gasteiger partial charge in [0.1, 0.15) is 5.78 Å². The van der Waals surface area contributed by atoms with Gasteiger partial charge in [0.25, 0.3) is 0 Å². The zero-order chi connectivity index (χ0) is 14.8. The van der Waals surface area contributed by atoms with Crippen LogP contribution in [0.3, 0.4) is 0 Å². The highest BCUT2D eigenvalue weighted by Gasteiger charge is 2.59. The number of hydrogen-bond donors (Lipinski definition) is 0. The summed E-state index contributed by atoms with van der Waals surface area (Å²) in [5.41, 5.74) is 0.661. The fraction of sp³-hybridized carbons (Fsp3) is 0.950. The number of rotatable bonds is 0. The van der Waals surface area contributed by atoms with Crippen molar-refractivity contribution in [2.75, 3.05) is 0 Å². The summed E-state index contributed by atoms with van der Waals surface area (Å²) in [7, 11) is 0. The van der Waals surface area contributed by atoms with E-state index >= 15 is 0 Å². The molecule has 4 rings (SSSR count). The third kappa shape index (κ3) is 1.85. The van der Waals surface area contributed by atoms with Gasteiger partial charge < -0.3 is 0 Å². The van der Waals surface area contributed by atoms with Gasteiger partial charge in [-0.1, -0.05) is 27.2 Å². The van der Waals surface area contributed by atoms with Gasteiger partial charge in [-0.2, -0.15) is 0 Å². The minimum absolute atomic E-state index is 0.0618. The van der Waals surface area contributed by atoms with Crippen LogP contribution in [0.15, 0.2) is 0 Å². The summed E-state index contributed by atoms with van der Waals surface area (Å²) in [5.74, 6) is 5.03. The molecule has 4 saturated carbocycles. The fourth-order valence-electron chi connectivity index (χ4n) is 7.24. The van der Waals surface area contributed by atoms with Crippen molar-refractivity contribution in [3.8, 4) is 0 Å². The van der Waals surface area contributed by atoms with Gasteiger partial charge in [0.05, 0.1) is 0 Å². The second-order valence-corrected chi connectivity index (χ2v) is 9.45. The highest BCUT2D eigenvalue weighted by Crippen LogP contribution is 2.65. The molecule has 4 unspecified atom stereocenters. The molecule has 0 aromatic heterocycles. The van der Waals surface area contributed by atoms with Crippen LogP contribution in [0.5, 0.6) is 0 Å². The number of carbonyl (C=O) groups excluding carboxylic acids is 1. The van der Waals surface area contributed by atoms with Gasteiger partial charge in [0.15, 0.2) is 0 Å². The molecule has 0 spiro atoms. The summed E-state index contributed by atoms with van der Waals surface area (Å²) in [6.07, 6.45) is 11.8. The van der Waals surface area contributed by atoms with Crippen molar-refractivity contribution >= 4 is 5.78 Å². The molecule has 0 radical (unpaired) electrons. The molecule has 4 aliphatic carbocycles. The Balaban J connectivity index is 1.64. The summed E-state index contributed by atoms with van der Waals surface area (Å²) in [5, 5.41) is 0. The third-order valence-electron chi connectivity index (χ3n) is 8.64. The largest absolute Gasteiger partial charge is 0.299 e. The molecule has 0 aromatic carbocycles. The van der Waals surface area contributed by atoms with Gasteiger partial charge in [0, 0.05) is 11.8 Å². The molecule has 1 heteroatoms. The summed E-state index contributed by atoms with van der Waals surface area (Å²) >= 11 is 0. The van der Waals surface area contributed by atoms with E-state index in [2.05, 4.69) is 20.8 Å². The van der Waals surface area contributed by atoms with Gasteiger partial charge in [-0.15, -0.1) is 0 Å². The predicted molar refractivity (Wildman–Crippen MR) is 85.9 cm³/mol. The molecule has 21 heavy (non-hydrogen) atoms. The zero-order valence-corrected chi connectivity index (χ0v) is 14.2. The van der Waals surface area contributed by atoms with Crippen LogP contribution in [0, 0.1) is 40.4 Å². The number of Topliss-reactive ketones (excluding diaryl/α,β-unsaturated/α-hetero) is 1. The lowest BCUT2D eigenvalue weighted by Crippen LogP contribution is -2.53. The molecule has 0 aliphatic heterocycles. The minimum atomic E-state index is 0.0618. The van der Waals surface area contributed by atoms with Crippen molar-refractivity contribution in [1.29, 1.82) is 0 Å².